The number of nitrogens with zero attached hydrogens (tertiary/aromatic N) is 1. The number of phenolic OH excluding ortho intramolecular Hbond substituents is 1. The molecule has 0 aliphatic heterocycles. The van der Waals surface area contributed by atoms with Gasteiger partial charge in [0.05, 0.1) is 5.71 Å². The molecule has 0 unspecified atom stereocenters. The van der Waals surface area contributed by atoms with Gasteiger partial charge >= 0.3 is 0 Å². The smallest absolute Gasteiger partial charge is 0.271 e. The molecular formula is C16H16N2O2. The van der Waals surface area contributed by atoms with E-state index in [-0.39, 0.29) is 11.7 Å². The first-order valence-electron chi connectivity index (χ1n) is 6.27. The first kappa shape index (κ1) is 13.8. The summed E-state index contributed by atoms with van der Waals surface area (Å²) in [5.74, 6) is -0.137. The van der Waals surface area contributed by atoms with E-state index in [0.29, 0.717) is 16.8 Å². The summed E-state index contributed by atoms with van der Waals surface area (Å²) in [5, 5.41) is 13.7. The lowest BCUT2D eigenvalue weighted by Gasteiger charge is -2.05. The number of hydrogen-bond acceptors (Lipinski definition) is 3. The average molecular weight is 268 g/mol. The Hall–Kier alpha value is -2.62. The normalized spacial score (nSPS) is 11.2. The number of amides is 1. The van der Waals surface area contributed by atoms with Gasteiger partial charge in [-0.05, 0) is 38.1 Å². The highest BCUT2D eigenvalue weighted by molar-refractivity contribution is 6.02. The molecule has 2 aromatic carbocycles. The Morgan fingerprint density at radius 1 is 1.15 bits per heavy atom. The fourth-order valence-corrected chi connectivity index (χ4v) is 1.83. The van der Waals surface area contributed by atoms with Crippen molar-refractivity contribution in [3.8, 4) is 5.75 Å². The molecular weight excluding hydrogens is 252 g/mol. The van der Waals surface area contributed by atoms with Crippen LogP contribution in [0.4, 0.5) is 0 Å². The lowest BCUT2D eigenvalue weighted by molar-refractivity contribution is 0.0954. The molecule has 0 saturated carbocycles. The summed E-state index contributed by atoms with van der Waals surface area (Å²) in [6.45, 7) is 3.65. The van der Waals surface area contributed by atoms with Crippen molar-refractivity contribution in [2.75, 3.05) is 0 Å². The van der Waals surface area contributed by atoms with E-state index >= 15 is 0 Å². The summed E-state index contributed by atoms with van der Waals surface area (Å²) >= 11 is 0. The number of aromatic hydroxyl groups is 1. The van der Waals surface area contributed by atoms with Crippen LogP contribution in [0, 0.1) is 6.92 Å². The molecule has 1 amide bonds. The number of para-hydroxylation sites is 1. The minimum atomic E-state index is -0.275. The zero-order chi connectivity index (χ0) is 14.5. The van der Waals surface area contributed by atoms with Crippen LogP contribution in [0.1, 0.15) is 28.4 Å². The van der Waals surface area contributed by atoms with Crippen LogP contribution < -0.4 is 5.43 Å². The number of phenols is 1. The van der Waals surface area contributed by atoms with E-state index in [9.17, 15) is 9.90 Å². The first-order chi connectivity index (χ1) is 9.58. The van der Waals surface area contributed by atoms with E-state index < -0.39 is 0 Å². The number of aryl methyl sites for hydroxylation is 1. The van der Waals surface area contributed by atoms with Crippen molar-refractivity contribution in [1.29, 1.82) is 0 Å². The zero-order valence-electron chi connectivity index (χ0n) is 11.4. The maximum absolute atomic E-state index is 11.9. The summed E-state index contributed by atoms with van der Waals surface area (Å²) in [7, 11) is 0. The van der Waals surface area contributed by atoms with Crippen molar-refractivity contribution in [2.45, 2.75) is 13.8 Å². The molecule has 0 fully saturated rings. The highest BCUT2D eigenvalue weighted by atomic mass is 16.3. The monoisotopic (exact) mass is 268 g/mol. The van der Waals surface area contributed by atoms with Crippen molar-refractivity contribution >= 4 is 11.6 Å². The number of carbonyl (C=O) groups is 1. The Morgan fingerprint density at radius 2 is 1.90 bits per heavy atom. The molecule has 2 aromatic rings. The maximum Gasteiger partial charge on any atom is 0.271 e. The topological polar surface area (TPSA) is 61.7 Å². The largest absolute Gasteiger partial charge is 0.507 e. The third-order valence-electron chi connectivity index (χ3n) is 2.90. The maximum atomic E-state index is 11.9. The second-order valence-electron chi connectivity index (χ2n) is 4.52. The summed E-state index contributed by atoms with van der Waals surface area (Å²) in [5.41, 5.74) is 5.20. The molecule has 0 aliphatic carbocycles. The molecule has 4 heteroatoms. The fourth-order valence-electron chi connectivity index (χ4n) is 1.83. The lowest BCUT2D eigenvalue weighted by Crippen LogP contribution is -2.19. The van der Waals surface area contributed by atoms with E-state index in [4.69, 9.17) is 0 Å². The number of hydrazone groups is 1. The molecule has 0 aliphatic rings. The minimum absolute atomic E-state index is 0.138. The van der Waals surface area contributed by atoms with E-state index in [1.54, 1.807) is 43.3 Å². The highest BCUT2D eigenvalue weighted by Crippen LogP contribution is 2.16. The van der Waals surface area contributed by atoms with Crippen molar-refractivity contribution in [3.63, 3.8) is 0 Å². The van der Waals surface area contributed by atoms with Crippen LogP contribution in [0.3, 0.4) is 0 Å². The molecule has 102 valence electrons. The molecule has 0 spiro atoms. The summed E-state index contributed by atoms with van der Waals surface area (Å²) < 4.78 is 0. The van der Waals surface area contributed by atoms with Crippen LogP contribution in [-0.4, -0.2) is 16.7 Å². The highest BCUT2D eigenvalue weighted by Gasteiger charge is 2.06. The predicted molar refractivity (Wildman–Crippen MR) is 79.0 cm³/mol. The van der Waals surface area contributed by atoms with E-state index in [0.717, 1.165) is 5.56 Å². The van der Waals surface area contributed by atoms with Gasteiger partial charge < -0.3 is 5.11 Å². The third-order valence-corrected chi connectivity index (χ3v) is 2.90. The molecule has 0 saturated heterocycles. The third kappa shape index (κ3) is 3.23. The second kappa shape index (κ2) is 6.02. The molecule has 0 bridgehead atoms. The molecule has 0 radical (unpaired) electrons. The van der Waals surface area contributed by atoms with Gasteiger partial charge in [-0.25, -0.2) is 5.43 Å². The van der Waals surface area contributed by atoms with Gasteiger partial charge in [0.25, 0.3) is 5.91 Å². The van der Waals surface area contributed by atoms with E-state index in [1.165, 1.54) is 0 Å². The molecule has 2 N–H and O–H groups in total. The first-order valence-corrected chi connectivity index (χ1v) is 6.27. The molecule has 2 rings (SSSR count). The molecule has 4 nitrogen and oxygen atoms in total. The average Bonchev–Trinajstić information content (AvgIpc) is 2.45. The van der Waals surface area contributed by atoms with Gasteiger partial charge in [-0.3, -0.25) is 4.79 Å². The number of benzene rings is 2. The Balaban J connectivity index is 2.13. The summed E-state index contributed by atoms with van der Waals surface area (Å²) in [6.07, 6.45) is 0. The fraction of sp³-hybridized carbons (Fsp3) is 0.125. The Morgan fingerprint density at radius 3 is 2.60 bits per heavy atom. The number of rotatable bonds is 3. The van der Waals surface area contributed by atoms with Crippen molar-refractivity contribution < 1.29 is 9.90 Å². The van der Waals surface area contributed by atoms with Crippen LogP contribution in [0.25, 0.3) is 0 Å². The van der Waals surface area contributed by atoms with E-state index in [2.05, 4.69) is 10.5 Å². The summed E-state index contributed by atoms with van der Waals surface area (Å²) in [4.78, 5) is 11.9. The molecule has 20 heavy (non-hydrogen) atoms. The van der Waals surface area contributed by atoms with Crippen LogP contribution in [0.15, 0.2) is 53.6 Å². The predicted octanol–water partition coefficient (Wildman–Crippen LogP) is 2.85. The standard InChI is InChI=1S/C16H16N2O2/c1-11-6-5-7-13(10-11)16(20)18-17-12(2)14-8-3-4-9-15(14)19/h3-10,19H,1-2H3,(H,18,20)/b17-12+. The van der Waals surface area contributed by atoms with Gasteiger partial charge in [0.15, 0.2) is 0 Å². The Labute approximate surface area is 117 Å². The van der Waals surface area contributed by atoms with Gasteiger partial charge in [-0.1, -0.05) is 29.8 Å². The van der Waals surface area contributed by atoms with Gasteiger partial charge in [-0.15, -0.1) is 0 Å². The second-order valence-corrected chi connectivity index (χ2v) is 4.52. The van der Waals surface area contributed by atoms with Crippen molar-refractivity contribution in [1.82, 2.24) is 5.43 Å². The molecule has 0 heterocycles. The van der Waals surface area contributed by atoms with Crippen molar-refractivity contribution in [3.05, 3.63) is 65.2 Å². The Bertz CT molecular complexity index is 663. The summed E-state index contributed by atoms with van der Waals surface area (Å²) in [6, 6.07) is 14.1. The lowest BCUT2D eigenvalue weighted by atomic mass is 10.1. The van der Waals surface area contributed by atoms with Crippen molar-refractivity contribution in [2.24, 2.45) is 5.10 Å². The quantitative estimate of drug-likeness (QED) is 0.664. The number of carbonyl (C=O) groups excluding carboxylic acids is 1. The van der Waals surface area contributed by atoms with E-state index in [1.807, 2.05) is 19.1 Å². The number of hydrogen-bond donors (Lipinski definition) is 2. The Kier molecular flexibility index (Phi) is 4.15. The van der Waals surface area contributed by atoms with Crippen LogP contribution >= 0.6 is 0 Å². The van der Waals surface area contributed by atoms with Gasteiger partial charge in [-0.2, -0.15) is 5.10 Å². The molecule has 0 atom stereocenters. The number of nitrogens with one attached hydrogen (secondary N) is 1. The van der Waals surface area contributed by atoms with Gasteiger partial charge in [0.1, 0.15) is 5.75 Å². The molecule has 0 aromatic heterocycles. The van der Waals surface area contributed by atoms with Gasteiger partial charge in [0.2, 0.25) is 0 Å². The van der Waals surface area contributed by atoms with Gasteiger partial charge in [0, 0.05) is 11.1 Å². The zero-order valence-corrected chi connectivity index (χ0v) is 11.4. The van der Waals surface area contributed by atoms with Crippen LogP contribution in [0.2, 0.25) is 0 Å². The van der Waals surface area contributed by atoms with Crippen LogP contribution in [-0.2, 0) is 0 Å². The van der Waals surface area contributed by atoms with Crippen LogP contribution in [0.5, 0.6) is 5.75 Å². The minimum Gasteiger partial charge on any atom is -0.507 e. The SMILES string of the molecule is C/C(=N\NC(=O)c1cccc(C)c1)c1ccccc1O.